The standard InChI is InChI=1S/C18H28F2N4O/c1-12-5-8-16(25-17(19)20)14(9-12)11-23-18(21-3)22-10-13(2)24(4)15-6-7-15/h5,8-9,13,15,17H,6-7,10-11H2,1-4H3,(H2,21,22,23). The van der Waals surface area contributed by atoms with Crippen molar-refractivity contribution in [1.29, 1.82) is 0 Å². The zero-order valence-corrected chi connectivity index (χ0v) is 15.4. The lowest BCUT2D eigenvalue weighted by Crippen LogP contribution is -2.45. The van der Waals surface area contributed by atoms with Crippen LogP contribution in [0.5, 0.6) is 5.75 Å². The van der Waals surface area contributed by atoms with Gasteiger partial charge in [0.25, 0.3) is 0 Å². The molecule has 2 N–H and O–H groups in total. The van der Waals surface area contributed by atoms with Crippen molar-refractivity contribution in [1.82, 2.24) is 15.5 Å². The second kappa shape index (κ2) is 8.99. The van der Waals surface area contributed by atoms with E-state index in [1.807, 2.05) is 13.0 Å². The number of hydrogen-bond donors (Lipinski definition) is 2. The van der Waals surface area contributed by atoms with Gasteiger partial charge in [-0.3, -0.25) is 9.89 Å². The molecule has 1 aromatic rings. The van der Waals surface area contributed by atoms with Crippen molar-refractivity contribution in [2.45, 2.75) is 51.9 Å². The maximum absolute atomic E-state index is 12.5. The molecular formula is C18H28F2N4O. The van der Waals surface area contributed by atoms with E-state index in [0.29, 0.717) is 30.2 Å². The van der Waals surface area contributed by atoms with Crippen molar-refractivity contribution in [3.8, 4) is 5.75 Å². The van der Waals surface area contributed by atoms with Crippen LogP contribution in [0.3, 0.4) is 0 Å². The van der Waals surface area contributed by atoms with Crippen LogP contribution in [0.1, 0.15) is 30.9 Å². The number of guanidine groups is 1. The zero-order valence-electron chi connectivity index (χ0n) is 15.4. The molecule has 0 amide bonds. The topological polar surface area (TPSA) is 48.9 Å². The molecule has 1 atom stereocenters. The lowest BCUT2D eigenvalue weighted by molar-refractivity contribution is -0.0504. The number of rotatable bonds is 8. The SMILES string of the molecule is CN=C(NCc1cc(C)ccc1OC(F)F)NCC(C)N(C)C1CC1. The van der Waals surface area contributed by atoms with Gasteiger partial charge in [-0.1, -0.05) is 17.7 Å². The number of alkyl halides is 2. The van der Waals surface area contributed by atoms with E-state index in [0.717, 1.165) is 12.1 Å². The number of nitrogens with zero attached hydrogens (tertiary/aromatic N) is 2. The molecule has 1 saturated carbocycles. The number of aliphatic imine (C=N–C) groups is 1. The molecule has 140 valence electrons. The van der Waals surface area contributed by atoms with Crippen molar-refractivity contribution in [2.75, 3.05) is 20.6 Å². The van der Waals surface area contributed by atoms with Gasteiger partial charge in [0.2, 0.25) is 0 Å². The van der Waals surface area contributed by atoms with Crippen LogP contribution in [0, 0.1) is 6.92 Å². The van der Waals surface area contributed by atoms with Gasteiger partial charge >= 0.3 is 6.61 Å². The number of likely N-dealkylation sites (N-methyl/N-ethyl adjacent to an activating group) is 1. The Morgan fingerprint density at radius 3 is 2.68 bits per heavy atom. The van der Waals surface area contributed by atoms with E-state index in [9.17, 15) is 8.78 Å². The van der Waals surface area contributed by atoms with Crippen LogP contribution < -0.4 is 15.4 Å². The first-order valence-electron chi connectivity index (χ1n) is 8.61. The molecule has 25 heavy (non-hydrogen) atoms. The Balaban J connectivity index is 1.88. The molecule has 1 aliphatic rings. The minimum Gasteiger partial charge on any atom is -0.434 e. The maximum Gasteiger partial charge on any atom is 0.387 e. The van der Waals surface area contributed by atoms with E-state index in [4.69, 9.17) is 0 Å². The van der Waals surface area contributed by atoms with Crippen molar-refractivity contribution in [2.24, 2.45) is 4.99 Å². The van der Waals surface area contributed by atoms with Crippen LogP contribution in [0.25, 0.3) is 0 Å². The first kappa shape index (κ1) is 19.4. The van der Waals surface area contributed by atoms with E-state index >= 15 is 0 Å². The zero-order chi connectivity index (χ0) is 18.4. The maximum atomic E-state index is 12.5. The van der Waals surface area contributed by atoms with E-state index in [-0.39, 0.29) is 5.75 Å². The molecule has 0 saturated heterocycles. The number of ether oxygens (including phenoxy) is 1. The van der Waals surface area contributed by atoms with Crippen LogP contribution in [0.2, 0.25) is 0 Å². The Morgan fingerprint density at radius 2 is 2.08 bits per heavy atom. The number of nitrogens with one attached hydrogen (secondary N) is 2. The molecule has 0 heterocycles. The van der Waals surface area contributed by atoms with Crippen LogP contribution in [0.15, 0.2) is 23.2 Å². The van der Waals surface area contributed by atoms with Crippen molar-refractivity contribution in [3.63, 3.8) is 0 Å². The molecule has 2 rings (SSSR count). The normalized spacial score (nSPS) is 16.2. The van der Waals surface area contributed by atoms with Crippen LogP contribution in [0.4, 0.5) is 8.78 Å². The number of hydrogen-bond acceptors (Lipinski definition) is 3. The highest BCUT2D eigenvalue weighted by Crippen LogP contribution is 2.26. The smallest absolute Gasteiger partial charge is 0.387 e. The molecule has 0 aliphatic heterocycles. The quantitative estimate of drug-likeness (QED) is 0.557. The van der Waals surface area contributed by atoms with Gasteiger partial charge in [-0.15, -0.1) is 0 Å². The first-order chi connectivity index (χ1) is 11.9. The molecule has 5 nitrogen and oxygen atoms in total. The van der Waals surface area contributed by atoms with Crippen molar-refractivity contribution >= 4 is 5.96 Å². The summed E-state index contributed by atoms with van der Waals surface area (Å²) in [6.45, 7) is 2.38. The fourth-order valence-electron chi connectivity index (χ4n) is 2.69. The molecule has 1 aliphatic carbocycles. The van der Waals surface area contributed by atoms with Gasteiger partial charge in [0.05, 0.1) is 0 Å². The predicted molar refractivity (Wildman–Crippen MR) is 96.3 cm³/mol. The third-order valence-electron chi connectivity index (χ3n) is 4.48. The minimum absolute atomic E-state index is 0.186. The summed E-state index contributed by atoms with van der Waals surface area (Å²) in [4.78, 5) is 6.57. The molecule has 0 bridgehead atoms. The van der Waals surface area contributed by atoms with Crippen LogP contribution in [-0.2, 0) is 6.54 Å². The highest BCUT2D eigenvalue weighted by Gasteiger charge is 2.28. The van der Waals surface area contributed by atoms with Gasteiger partial charge < -0.3 is 15.4 Å². The molecule has 1 unspecified atom stereocenters. The average Bonchev–Trinajstić information content (AvgIpc) is 3.40. The second-order valence-electron chi connectivity index (χ2n) is 6.54. The molecule has 0 radical (unpaired) electrons. The molecule has 7 heteroatoms. The average molecular weight is 354 g/mol. The van der Waals surface area contributed by atoms with Gasteiger partial charge in [-0.2, -0.15) is 8.78 Å². The largest absolute Gasteiger partial charge is 0.434 e. The number of aryl methyl sites for hydroxylation is 1. The Kier molecular flexibility index (Phi) is 6.99. The Hall–Kier alpha value is -1.89. The lowest BCUT2D eigenvalue weighted by Gasteiger charge is -2.25. The number of benzene rings is 1. The van der Waals surface area contributed by atoms with Crippen molar-refractivity contribution < 1.29 is 13.5 Å². The fourth-order valence-corrected chi connectivity index (χ4v) is 2.69. The van der Waals surface area contributed by atoms with Gasteiger partial charge in [0, 0.05) is 37.8 Å². The van der Waals surface area contributed by atoms with Crippen LogP contribution in [-0.4, -0.2) is 50.2 Å². The van der Waals surface area contributed by atoms with E-state index < -0.39 is 6.61 Å². The summed E-state index contributed by atoms with van der Waals surface area (Å²) >= 11 is 0. The molecule has 0 spiro atoms. The van der Waals surface area contributed by atoms with E-state index in [2.05, 4.69) is 39.2 Å². The molecular weight excluding hydrogens is 326 g/mol. The summed E-state index contributed by atoms with van der Waals surface area (Å²) in [7, 11) is 3.83. The predicted octanol–water partition coefficient (Wildman–Crippen LogP) is 2.74. The summed E-state index contributed by atoms with van der Waals surface area (Å²) in [5.41, 5.74) is 1.66. The molecule has 1 fully saturated rings. The monoisotopic (exact) mass is 354 g/mol. The Bertz CT molecular complexity index is 590. The van der Waals surface area contributed by atoms with Gasteiger partial charge in [-0.05, 0) is 39.8 Å². The van der Waals surface area contributed by atoms with Gasteiger partial charge in [0.1, 0.15) is 5.75 Å². The van der Waals surface area contributed by atoms with Crippen molar-refractivity contribution in [3.05, 3.63) is 29.3 Å². The Labute approximate surface area is 148 Å². The first-order valence-corrected chi connectivity index (χ1v) is 8.61. The second-order valence-corrected chi connectivity index (χ2v) is 6.54. The highest BCUT2D eigenvalue weighted by molar-refractivity contribution is 5.79. The number of halogens is 2. The van der Waals surface area contributed by atoms with E-state index in [1.165, 1.54) is 12.8 Å². The van der Waals surface area contributed by atoms with E-state index in [1.54, 1.807) is 19.2 Å². The fraction of sp³-hybridized carbons (Fsp3) is 0.611. The highest BCUT2D eigenvalue weighted by atomic mass is 19.3. The summed E-state index contributed by atoms with van der Waals surface area (Å²) in [6, 6.07) is 6.25. The summed E-state index contributed by atoms with van der Waals surface area (Å²) in [5.74, 6) is 0.825. The third kappa shape index (κ3) is 6.16. The van der Waals surface area contributed by atoms with Gasteiger partial charge in [0.15, 0.2) is 5.96 Å². The Morgan fingerprint density at radius 1 is 1.36 bits per heavy atom. The third-order valence-corrected chi connectivity index (χ3v) is 4.48. The summed E-state index contributed by atoms with van der Waals surface area (Å²) in [5, 5.41) is 6.45. The van der Waals surface area contributed by atoms with Gasteiger partial charge in [-0.25, -0.2) is 0 Å². The molecule has 0 aromatic heterocycles. The molecule has 1 aromatic carbocycles. The summed E-state index contributed by atoms with van der Waals surface area (Å²) in [6.07, 6.45) is 2.54. The summed E-state index contributed by atoms with van der Waals surface area (Å²) < 4.78 is 29.7. The van der Waals surface area contributed by atoms with Crippen LogP contribution >= 0.6 is 0 Å². The lowest BCUT2D eigenvalue weighted by atomic mass is 10.1. The minimum atomic E-state index is -2.84.